The summed E-state index contributed by atoms with van der Waals surface area (Å²) >= 11 is 0. The van der Waals surface area contributed by atoms with E-state index in [1.54, 1.807) is 4.31 Å². The number of benzene rings is 1. The highest BCUT2D eigenvalue weighted by Crippen LogP contribution is 2.18. The van der Waals surface area contributed by atoms with Crippen LogP contribution in [0.25, 0.3) is 5.82 Å². The molecule has 1 aliphatic rings. The molecule has 0 radical (unpaired) electrons. The van der Waals surface area contributed by atoms with Crippen molar-refractivity contribution in [3.05, 3.63) is 72.6 Å². The predicted molar refractivity (Wildman–Crippen MR) is 104 cm³/mol. The lowest BCUT2D eigenvalue weighted by atomic mass is 10.2. The Bertz CT molecular complexity index is 965. The molecule has 1 aliphatic heterocycles. The second-order valence-corrected chi connectivity index (χ2v) is 8.44. The number of hydrogen-bond acceptors (Lipinski definition) is 5. The number of rotatable bonds is 5. The largest absolute Gasteiger partial charge is 0.352 e. The minimum Gasteiger partial charge on any atom is -0.352 e. The lowest BCUT2D eigenvalue weighted by molar-refractivity contribution is 0.383. The molecule has 1 aromatic carbocycles. The van der Waals surface area contributed by atoms with Crippen molar-refractivity contribution in [2.75, 3.05) is 31.1 Å². The molecule has 7 nitrogen and oxygen atoms in total. The smallest absolute Gasteiger partial charge is 0.218 e. The molecule has 0 aliphatic carbocycles. The van der Waals surface area contributed by atoms with E-state index in [2.05, 4.69) is 15.1 Å². The van der Waals surface area contributed by atoms with E-state index in [-0.39, 0.29) is 5.75 Å². The van der Waals surface area contributed by atoms with Crippen LogP contribution in [0.1, 0.15) is 5.56 Å². The molecule has 0 atom stereocenters. The summed E-state index contributed by atoms with van der Waals surface area (Å²) in [4.78, 5) is 2.07. The van der Waals surface area contributed by atoms with Gasteiger partial charge in [0.2, 0.25) is 10.0 Å². The maximum Gasteiger partial charge on any atom is 0.218 e. The van der Waals surface area contributed by atoms with E-state index in [0.29, 0.717) is 26.2 Å². The van der Waals surface area contributed by atoms with Crippen LogP contribution in [0.2, 0.25) is 0 Å². The van der Waals surface area contributed by atoms with Crippen molar-refractivity contribution in [3.63, 3.8) is 0 Å². The van der Waals surface area contributed by atoms with Gasteiger partial charge in [0.05, 0.1) is 5.75 Å². The van der Waals surface area contributed by atoms with E-state index in [1.807, 2.05) is 71.6 Å². The Kier molecular flexibility index (Phi) is 4.91. The number of nitrogens with zero attached hydrogens (tertiary/aromatic N) is 5. The molecule has 8 heteroatoms. The minimum atomic E-state index is -3.31. The number of sulfonamides is 1. The highest BCUT2D eigenvalue weighted by Gasteiger charge is 2.27. The Hall–Kier alpha value is -2.71. The number of hydrogen-bond donors (Lipinski definition) is 0. The van der Waals surface area contributed by atoms with Crippen LogP contribution in [0.15, 0.2) is 67.0 Å². The quantitative estimate of drug-likeness (QED) is 0.673. The summed E-state index contributed by atoms with van der Waals surface area (Å²) < 4.78 is 28.8. The van der Waals surface area contributed by atoms with Gasteiger partial charge in [-0.2, -0.15) is 4.31 Å². The van der Waals surface area contributed by atoms with Crippen molar-refractivity contribution < 1.29 is 8.42 Å². The molecular weight excluding hydrogens is 362 g/mol. The summed E-state index contributed by atoms with van der Waals surface area (Å²) in [6.07, 6.45) is 3.83. The molecular formula is C19H21N5O2S. The van der Waals surface area contributed by atoms with Crippen LogP contribution >= 0.6 is 0 Å². The molecule has 1 fully saturated rings. The molecule has 0 spiro atoms. The van der Waals surface area contributed by atoms with Crippen molar-refractivity contribution in [2.45, 2.75) is 5.75 Å². The Balaban J connectivity index is 1.38. The molecule has 140 valence electrons. The van der Waals surface area contributed by atoms with Gasteiger partial charge in [-0.3, -0.25) is 0 Å². The Morgan fingerprint density at radius 3 is 2.04 bits per heavy atom. The molecule has 3 heterocycles. The number of piperazine rings is 1. The Morgan fingerprint density at radius 2 is 1.41 bits per heavy atom. The molecule has 0 unspecified atom stereocenters. The van der Waals surface area contributed by atoms with Crippen molar-refractivity contribution in [1.29, 1.82) is 0 Å². The molecule has 27 heavy (non-hydrogen) atoms. The van der Waals surface area contributed by atoms with Crippen LogP contribution in [0.5, 0.6) is 0 Å². The van der Waals surface area contributed by atoms with E-state index < -0.39 is 10.0 Å². The summed E-state index contributed by atoms with van der Waals surface area (Å²) in [5.74, 6) is 1.57. The second-order valence-electron chi connectivity index (χ2n) is 6.47. The fourth-order valence-corrected chi connectivity index (χ4v) is 4.70. The lowest BCUT2D eigenvalue weighted by Gasteiger charge is -2.34. The zero-order valence-corrected chi connectivity index (χ0v) is 15.7. The van der Waals surface area contributed by atoms with Gasteiger partial charge < -0.3 is 9.47 Å². The van der Waals surface area contributed by atoms with Crippen LogP contribution in [-0.4, -0.2) is 53.7 Å². The summed E-state index contributed by atoms with van der Waals surface area (Å²) in [6, 6.07) is 17.0. The first-order chi connectivity index (χ1) is 13.1. The van der Waals surface area contributed by atoms with Crippen molar-refractivity contribution >= 4 is 15.8 Å². The van der Waals surface area contributed by atoms with Crippen molar-refractivity contribution in [3.8, 4) is 5.82 Å². The molecule has 1 saturated heterocycles. The standard InChI is InChI=1S/C19H21N5O2S/c25-27(26,16-17-6-2-1-3-7-17)24-14-12-23(13-15-24)19-9-8-18(20-21-19)22-10-4-5-11-22/h1-11H,12-16H2. The topological polar surface area (TPSA) is 71.3 Å². The summed E-state index contributed by atoms with van der Waals surface area (Å²) in [5, 5.41) is 8.56. The molecule has 0 amide bonds. The normalized spacial score (nSPS) is 15.8. The molecule has 0 bridgehead atoms. The van der Waals surface area contributed by atoms with Gasteiger partial charge in [-0.05, 0) is 29.8 Å². The third kappa shape index (κ3) is 4.01. The van der Waals surface area contributed by atoms with Crippen LogP contribution in [0.4, 0.5) is 5.82 Å². The lowest BCUT2D eigenvalue weighted by Crippen LogP contribution is -2.49. The minimum absolute atomic E-state index is 0.0409. The predicted octanol–water partition coefficient (Wildman–Crippen LogP) is 1.92. The van der Waals surface area contributed by atoms with Crippen LogP contribution in [-0.2, 0) is 15.8 Å². The first kappa shape index (κ1) is 17.7. The van der Waals surface area contributed by atoms with E-state index in [9.17, 15) is 8.42 Å². The highest BCUT2D eigenvalue weighted by molar-refractivity contribution is 7.88. The fourth-order valence-electron chi connectivity index (χ4n) is 3.18. The molecule has 2 aromatic heterocycles. The summed E-state index contributed by atoms with van der Waals surface area (Å²) in [6.45, 7) is 2.11. The summed E-state index contributed by atoms with van der Waals surface area (Å²) in [5.41, 5.74) is 0.811. The zero-order valence-electron chi connectivity index (χ0n) is 14.8. The molecule has 0 saturated carbocycles. The van der Waals surface area contributed by atoms with Gasteiger partial charge in [0.1, 0.15) is 0 Å². The summed E-state index contributed by atoms with van der Waals surface area (Å²) in [7, 11) is -3.31. The average molecular weight is 383 g/mol. The second kappa shape index (κ2) is 7.50. The van der Waals surface area contributed by atoms with Gasteiger partial charge in [0.15, 0.2) is 11.6 Å². The zero-order chi connectivity index (χ0) is 18.7. The molecule has 3 aromatic rings. The van der Waals surface area contributed by atoms with Crippen LogP contribution < -0.4 is 4.90 Å². The maximum absolute atomic E-state index is 12.7. The van der Waals surface area contributed by atoms with E-state index in [4.69, 9.17) is 0 Å². The van der Waals surface area contributed by atoms with E-state index >= 15 is 0 Å². The fraction of sp³-hybridized carbons (Fsp3) is 0.263. The highest BCUT2D eigenvalue weighted by atomic mass is 32.2. The van der Waals surface area contributed by atoms with Crippen molar-refractivity contribution in [2.24, 2.45) is 0 Å². The van der Waals surface area contributed by atoms with Gasteiger partial charge in [-0.1, -0.05) is 30.3 Å². The van der Waals surface area contributed by atoms with Crippen LogP contribution in [0.3, 0.4) is 0 Å². The monoisotopic (exact) mass is 383 g/mol. The van der Waals surface area contributed by atoms with Gasteiger partial charge >= 0.3 is 0 Å². The first-order valence-corrected chi connectivity index (χ1v) is 10.5. The number of anilines is 1. The first-order valence-electron chi connectivity index (χ1n) is 8.86. The Morgan fingerprint density at radius 1 is 0.778 bits per heavy atom. The average Bonchev–Trinajstić information content (AvgIpc) is 3.24. The van der Waals surface area contributed by atoms with Gasteiger partial charge in [-0.25, -0.2) is 8.42 Å². The third-order valence-electron chi connectivity index (χ3n) is 4.65. The van der Waals surface area contributed by atoms with Gasteiger partial charge in [0, 0.05) is 38.6 Å². The van der Waals surface area contributed by atoms with E-state index in [0.717, 1.165) is 17.2 Å². The van der Waals surface area contributed by atoms with Gasteiger partial charge in [-0.15, -0.1) is 10.2 Å². The Labute approximate surface area is 158 Å². The van der Waals surface area contributed by atoms with Crippen molar-refractivity contribution in [1.82, 2.24) is 19.1 Å². The van der Waals surface area contributed by atoms with E-state index in [1.165, 1.54) is 0 Å². The van der Waals surface area contributed by atoms with Crippen LogP contribution in [0, 0.1) is 0 Å². The third-order valence-corrected chi connectivity index (χ3v) is 6.50. The molecule has 0 N–H and O–H groups in total. The molecule has 4 rings (SSSR count). The number of aromatic nitrogens is 3. The SMILES string of the molecule is O=S(=O)(Cc1ccccc1)N1CCN(c2ccc(-n3cccc3)nn2)CC1. The maximum atomic E-state index is 12.7. The van der Waals surface area contributed by atoms with Gasteiger partial charge in [0.25, 0.3) is 0 Å².